The van der Waals surface area contributed by atoms with Crippen molar-refractivity contribution in [1.82, 2.24) is 14.8 Å². The number of halogens is 3. The molecule has 6 aromatic rings. The molecular formula is C32H25F3N4O3. The van der Waals surface area contributed by atoms with Crippen LogP contribution in [0.25, 0.3) is 44.3 Å². The summed E-state index contributed by atoms with van der Waals surface area (Å²) in [5.41, 5.74) is 7.58. The Bertz CT molecular complexity index is 2050. The molecule has 10 heteroatoms. The highest BCUT2D eigenvalue weighted by molar-refractivity contribution is 6.00. The lowest BCUT2D eigenvalue weighted by molar-refractivity contribution is 0.231. The predicted molar refractivity (Wildman–Crippen MR) is 155 cm³/mol. The van der Waals surface area contributed by atoms with Crippen LogP contribution in [0.3, 0.4) is 0 Å². The summed E-state index contributed by atoms with van der Waals surface area (Å²) in [6.07, 6.45) is 1.30. The van der Waals surface area contributed by atoms with E-state index in [1.165, 1.54) is 48.7 Å². The second kappa shape index (κ2) is 10.4. The Morgan fingerprint density at radius 3 is 2.45 bits per heavy atom. The third kappa shape index (κ3) is 4.64. The minimum absolute atomic E-state index is 0.0175. The molecule has 42 heavy (non-hydrogen) atoms. The topological polar surface area (TPSA) is 96.2 Å². The Hall–Kier alpha value is -5.12. The van der Waals surface area contributed by atoms with Crippen molar-refractivity contribution in [1.29, 1.82) is 0 Å². The molecule has 0 amide bonds. The third-order valence-corrected chi connectivity index (χ3v) is 6.96. The van der Waals surface area contributed by atoms with E-state index in [9.17, 15) is 13.6 Å². The highest BCUT2D eigenvalue weighted by Gasteiger charge is 2.27. The van der Waals surface area contributed by atoms with Gasteiger partial charge in [-0.2, -0.15) is 5.10 Å². The zero-order chi connectivity index (χ0) is 29.7. The summed E-state index contributed by atoms with van der Waals surface area (Å²) in [7, 11) is 0. The molecule has 212 valence electrons. The van der Waals surface area contributed by atoms with Crippen molar-refractivity contribution in [2.45, 2.75) is 32.9 Å². The summed E-state index contributed by atoms with van der Waals surface area (Å²) in [6, 6.07) is 14.6. The van der Waals surface area contributed by atoms with Gasteiger partial charge in [0, 0.05) is 11.8 Å². The van der Waals surface area contributed by atoms with Gasteiger partial charge in [-0.05, 0) is 80.9 Å². The van der Waals surface area contributed by atoms with Crippen LogP contribution in [0, 0.1) is 17.5 Å². The summed E-state index contributed by atoms with van der Waals surface area (Å²) in [4.78, 5) is 18.0. The van der Waals surface area contributed by atoms with Crippen LogP contribution in [0.4, 0.5) is 19.0 Å². The second-order valence-corrected chi connectivity index (χ2v) is 10.2. The number of ether oxygens (including phenoxy) is 1. The van der Waals surface area contributed by atoms with Crippen molar-refractivity contribution in [3.63, 3.8) is 0 Å². The number of nitrogen functional groups attached to an aromatic ring is 1. The van der Waals surface area contributed by atoms with Crippen molar-refractivity contribution in [3.05, 3.63) is 106 Å². The molecule has 0 aliphatic heterocycles. The van der Waals surface area contributed by atoms with Crippen LogP contribution in [-0.2, 0) is 0 Å². The molecule has 0 saturated heterocycles. The molecule has 0 unspecified atom stereocenters. The molecule has 3 aromatic carbocycles. The van der Waals surface area contributed by atoms with E-state index in [1.54, 1.807) is 43.7 Å². The van der Waals surface area contributed by atoms with E-state index < -0.39 is 28.9 Å². The van der Waals surface area contributed by atoms with Gasteiger partial charge in [0.2, 0.25) is 5.43 Å². The largest absolute Gasteiger partial charge is 0.488 e. The van der Waals surface area contributed by atoms with Gasteiger partial charge >= 0.3 is 0 Å². The van der Waals surface area contributed by atoms with Crippen LogP contribution in [0.1, 0.15) is 32.6 Å². The SMILES string of the molecule is CC(C)Oc1ccc(-c2nn([C@H](C)c3oc4ccc(F)cc4c(=O)c3-c3cccc(F)c3)c3ccnc(N)c23)cc1F. The van der Waals surface area contributed by atoms with Crippen molar-refractivity contribution < 1.29 is 22.3 Å². The fraction of sp³-hybridized carbons (Fsp3) is 0.156. The minimum atomic E-state index is -0.753. The van der Waals surface area contributed by atoms with Gasteiger partial charge in [-0.3, -0.25) is 9.48 Å². The summed E-state index contributed by atoms with van der Waals surface area (Å²) in [6.45, 7) is 5.36. The van der Waals surface area contributed by atoms with Gasteiger partial charge in [-0.1, -0.05) is 12.1 Å². The molecule has 7 nitrogen and oxygen atoms in total. The first-order valence-electron chi connectivity index (χ1n) is 13.2. The van der Waals surface area contributed by atoms with Crippen molar-refractivity contribution >= 4 is 27.7 Å². The molecule has 0 radical (unpaired) electrons. The van der Waals surface area contributed by atoms with E-state index >= 15 is 4.39 Å². The minimum Gasteiger partial charge on any atom is -0.488 e. The fourth-order valence-corrected chi connectivity index (χ4v) is 5.11. The lowest BCUT2D eigenvalue weighted by Gasteiger charge is -2.18. The van der Waals surface area contributed by atoms with E-state index in [-0.39, 0.29) is 45.5 Å². The standard InChI is InChI=1S/C32H25F3N4O3/c1-16(2)41-26-9-7-19(14-23(26)35)29-28-24(11-12-37-32(28)36)39(38-29)17(3)31-27(18-5-4-6-20(33)13-18)30(40)22-15-21(34)8-10-25(22)42-31/h4-17H,1-3H3,(H2,36,37)/t17-/m1/s1. The smallest absolute Gasteiger partial charge is 0.200 e. The van der Waals surface area contributed by atoms with E-state index in [2.05, 4.69) is 4.98 Å². The number of nitrogens with two attached hydrogens (primary N) is 1. The molecule has 2 N–H and O–H groups in total. The average molecular weight is 571 g/mol. The van der Waals surface area contributed by atoms with Crippen molar-refractivity contribution in [2.75, 3.05) is 5.73 Å². The Labute approximate surface area is 238 Å². The molecule has 3 heterocycles. The van der Waals surface area contributed by atoms with Crippen molar-refractivity contribution in [3.8, 4) is 28.1 Å². The third-order valence-electron chi connectivity index (χ3n) is 6.96. The monoisotopic (exact) mass is 570 g/mol. The normalized spacial score (nSPS) is 12.4. The van der Waals surface area contributed by atoms with Crippen LogP contribution in [0.2, 0.25) is 0 Å². The fourth-order valence-electron chi connectivity index (χ4n) is 5.11. The lowest BCUT2D eigenvalue weighted by atomic mass is 9.99. The number of nitrogens with zero attached hydrogens (tertiary/aromatic N) is 3. The van der Waals surface area contributed by atoms with Gasteiger partial charge in [-0.25, -0.2) is 18.2 Å². The molecule has 6 rings (SSSR count). The zero-order valence-electron chi connectivity index (χ0n) is 22.9. The number of aromatic nitrogens is 3. The summed E-state index contributed by atoms with van der Waals surface area (Å²) < 4.78 is 56.8. The number of benzene rings is 3. The van der Waals surface area contributed by atoms with E-state index in [0.29, 0.717) is 22.2 Å². The maximum absolute atomic E-state index is 15.0. The van der Waals surface area contributed by atoms with Crippen LogP contribution < -0.4 is 15.9 Å². The number of hydrogen-bond donors (Lipinski definition) is 1. The molecule has 0 saturated carbocycles. The Morgan fingerprint density at radius 2 is 1.71 bits per heavy atom. The van der Waals surface area contributed by atoms with Gasteiger partial charge in [0.1, 0.15) is 40.5 Å². The van der Waals surface area contributed by atoms with E-state index in [1.807, 2.05) is 0 Å². The second-order valence-electron chi connectivity index (χ2n) is 10.2. The summed E-state index contributed by atoms with van der Waals surface area (Å²) in [5.74, 6) is -1.29. The lowest BCUT2D eigenvalue weighted by Crippen LogP contribution is -2.16. The summed E-state index contributed by atoms with van der Waals surface area (Å²) >= 11 is 0. The zero-order valence-corrected chi connectivity index (χ0v) is 22.9. The first-order valence-corrected chi connectivity index (χ1v) is 13.2. The van der Waals surface area contributed by atoms with Crippen LogP contribution in [-0.4, -0.2) is 20.9 Å². The first-order chi connectivity index (χ1) is 20.1. The molecule has 3 aromatic heterocycles. The van der Waals surface area contributed by atoms with E-state index in [0.717, 1.165) is 6.07 Å². The first kappa shape index (κ1) is 27.1. The number of pyridine rings is 1. The van der Waals surface area contributed by atoms with Crippen LogP contribution >= 0.6 is 0 Å². The molecule has 1 atom stereocenters. The number of fused-ring (bicyclic) bond motifs is 2. The maximum atomic E-state index is 15.0. The molecule has 0 aliphatic carbocycles. The molecular weight excluding hydrogens is 545 g/mol. The molecule has 0 fully saturated rings. The molecule has 0 bridgehead atoms. The number of hydrogen-bond acceptors (Lipinski definition) is 6. The number of rotatable bonds is 6. The highest BCUT2D eigenvalue weighted by atomic mass is 19.1. The van der Waals surface area contributed by atoms with E-state index in [4.69, 9.17) is 20.0 Å². The van der Waals surface area contributed by atoms with Crippen LogP contribution in [0.5, 0.6) is 5.75 Å². The summed E-state index contributed by atoms with van der Waals surface area (Å²) in [5, 5.41) is 5.29. The Balaban J connectivity index is 1.59. The van der Waals surface area contributed by atoms with Gasteiger partial charge in [0.05, 0.1) is 28.0 Å². The van der Waals surface area contributed by atoms with Crippen molar-refractivity contribution in [2.24, 2.45) is 0 Å². The highest BCUT2D eigenvalue weighted by Crippen LogP contribution is 2.38. The quantitative estimate of drug-likeness (QED) is 0.226. The van der Waals surface area contributed by atoms with Gasteiger partial charge < -0.3 is 14.9 Å². The van der Waals surface area contributed by atoms with Gasteiger partial charge in [0.25, 0.3) is 0 Å². The molecule has 0 spiro atoms. The maximum Gasteiger partial charge on any atom is 0.200 e. The Kier molecular flexibility index (Phi) is 6.68. The average Bonchev–Trinajstić information content (AvgIpc) is 3.35. The predicted octanol–water partition coefficient (Wildman–Crippen LogP) is 7.27. The number of anilines is 1. The molecule has 0 aliphatic rings. The van der Waals surface area contributed by atoms with Gasteiger partial charge in [0.15, 0.2) is 11.6 Å². The Morgan fingerprint density at radius 1 is 0.929 bits per heavy atom. The van der Waals surface area contributed by atoms with Gasteiger partial charge in [-0.15, -0.1) is 0 Å². The van der Waals surface area contributed by atoms with Crippen LogP contribution in [0.15, 0.2) is 82.1 Å².